The second-order valence-corrected chi connectivity index (χ2v) is 8.38. The average Bonchev–Trinajstić information content (AvgIpc) is 2.97. The standard InChI is InChI=1S/C21H22N2O5S/c1-3-6-15-9-11-16(12-10-15)18(24)13-28-21(25)14(2)22-20-17-7-4-5-8-19(17)29(26,27)23-20/h4-5,7-12,14H,3,6,13H2,1-2H3,(H,22,23)/t14-/m1/s1. The van der Waals surface area contributed by atoms with Crippen LogP contribution in [0.2, 0.25) is 0 Å². The summed E-state index contributed by atoms with van der Waals surface area (Å²) in [5.74, 6) is -0.937. The number of rotatable bonds is 7. The number of nitrogens with zero attached hydrogens (tertiary/aromatic N) is 1. The van der Waals surface area contributed by atoms with Crippen molar-refractivity contribution < 1.29 is 22.7 Å². The molecule has 0 saturated heterocycles. The van der Waals surface area contributed by atoms with Gasteiger partial charge in [-0.2, -0.15) is 0 Å². The van der Waals surface area contributed by atoms with E-state index in [4.69, 9.17) is 4.74 Å². The van der Waals surface area contributed by atoms with E-state index in [2.05, 4.69) is 16.6 Å². The van der Waals surface area contributed by atoms with Crippen LogP contribution in [0.5, 0.6) is 0 Å². The van der Waals surface area contributed by atoms with E-state index in [1.807, 2.05) is 12.1 Å². The number of amidine groups is 1. The normalized spacial score (nSPS) is 16.7. The number of hydrogen-bond acceptors (Lipinski definition) is 6. The Balaban J connectivity index is 1.63. The number of fused-ring (bicyclic) bond motifs is 1. The zero-order valence-electron chi connectivity index (χ0n) is 16.2. The first-order valence-corrected chi connectivity index (χ1v) is 10.8. The summed E-state index contributed by atoms with van der Waals surface area (Å²) in [6.07, 6.45) is 1.96. The van der Waals surface area contributed by atoms with Gasteiger partial charge in [0.15, 0.2) is 12.4 Å². The first kappa shape index (κ1) is 20.7. The summed E-state index contributed by atoms with van der Waals surface area (Å²) in [5, 5.41) is 0. The first-order valence-electron chi connectivity index (χ1n) is 9.30. The van der Waals surface area contributed by atoms with E-state index in [-0.39, 0.29) is 16.5 Å². The van der Waals surface area contributed by atoms with Crippen molar-refractivity contribution in [1.29, 1.82) is 0 Å². The zero-order chi connectivity index (χ0) is 21.0. The van der Waals surface area contributed by atoms with Crippen LogP contribution in [0.25, 0.3) is 0 Å². The number of ether oxygens (including phenoxy) is 1. The van der Waals surface area contributed by atoms with Gasteiger partial charge in [-0.3, -0.25) is 14.5 Å². The van der Waals surface area contributed by atoms with Crippen LogP contribution in [0, 0.1) is 0 Å². The molecule has 0 amide bonds. The molecule has 152 valence electrons. The van der Waals surface area contributed by atoms with Crippen molar-refractivity contribution in [2.75, 3.05) is 6.61 Å². The molecule has 1 atom stereocenters. The molecular weight excluding hydrogens is 392 g/mol. The summed E-state index contributed by atoms with van der Waals surface area (Å²) in [5.41, 5.74) is 2.01. The highest BCUT2D eigenvalue weighted by Crippen LogP contribution is 2.22. The van der Waals surface area contributed by atoms with E-state index < -0.39 is 28.6 Å². The number of Topliss-reactive ketones (excluding diaryl/α,β-unsaturated/α-hetero) is 1. The number of carbonyl (C=O) groups excluding carboxylic acids is 2. The van der Waals surface area contributed by atoms with Gasteiger partial charge in [-0.15, -0.1) is 0 Å². The van der Waals surface area contributed by atoms with Crippen molar-refractivity contribution in [2.45, 2.75) is 37.6 Å². The number of sulfonamides is 1. The van der Waals surface area contributed by atoms with Crippen LogP contribution >= 0.6 is 0 Å². The molecule has 1 aliphatic rings. The fraction of sp³-hybridized carbons (Fsp3) is 0.286. The third kappa shape index (κ3) is 4.71. The van der Waals surface area contributed by atoms with Gasteiger partial charge in [0.25, 0.3) is 10.0 Å². The molecule has 1 heterocycles. The zero-order valence-corrected chi connectivity index (χ0v) is 17.0. The number of esters is 1. The monoisotopic (exact) mass is 414 g/mol. The van der Waals surface area contributed by atoms with Gasteiger partial charge < -0.3 is 4.74 Å². The molecule has 29 heavy (non-hydrogen) atoms. The van der Waals surface area contributed by atoms with Gasteiger partial charge in [0.05, 0.1) is 4.90 Å². The highest BCUT2D eigenvalue weighted by atomic mass is 32.2. The number of nitrogens with one attached hydrogen (secondary N) is 1. The van der Waals surface area contributed by atoms with Crippen LogP contribution in [0.15, 0.2) is 58.4 Å². The predicted octanol–water partition coefficient (Wildman–Crippen LogP) is 2.49. The van der Waals surface area contributed by atoms with E-state index in [0.29, 0.717) is 11.1 Å². The molecule has 1 aliphatic heterocycles. The second-order valence-electron chi connectivity index (χ2n) is 6.73. The van der Waals surface area contributed by atoms with Crippen molar-refractivity contribution >= 4 is 27.6 Å². The highest BCUT2D eigenvalue weighted by molar-refractivity contribution is 7.90. The lowest BCUT2D eigenvalue weighted by Crippen LogP contribution is -2.27. The molecule has 0 saturated carbocycles. The highest BCUT2D eigenvalue weighted by Gasteiger charge is 2.31. The number of hydrogen-bond donors (Lipinski definition) is 1. The number of aryl methyl sites for hydroxylation is 1. The van der Waals surface area contributed by atoms with Crippen LogP contribution in [0.4, 0.5) is 0 Å². The lowest BCUT2D eigenvalue weighted by Gasteiger charge is -2.09. The Morgan fingerprint density at radius 1 is 1.10 bits per heavy atom. The van der Waals surface area contributed by atoms with Gasteiger partial charge in [-0.25, -0.2) is 13.2 Å². The maximum absolute atomic E-state index is 12.2. The van der Waals surface area contributed by atoms with Crippen LogP contribution in [0.1, 0.15) is 41.8 Å². The molecule has 0 radical (unpaired) electrons. The van der Waals surface area contributed by atoms with Gasteiger partial charge in [0, 0.05) is 11.1 Å². The summed E-state index contributed by atoms with van der Waals surface area (Å²) < 4.78 is 31.6. The molecule has 8 heteroatoms. The number of ketones is 1. The molecule has 0 unspecified atom stereocenters. The molecule has 0 bridgehead atoms. The van der Waals surface area contributed by atoms with E-state index in [1.165, 1.54) is 13.0 Å². The fourth-order valence-corrected chi connectivity index (χ4v) is 4.20. The second kappa shape index (κ2) is 8.57. The third-order valence-electron chi connectivity index (χ3n) is 4.49. The number of aliphatic imine (C=N–C) groups is 1. The number of benzene rings is 2. The van der Waals surface area contributed by atoms with Crippen LogP contribution in [0.3, 0.4) is 0 Å². The molecular formula is C21H22N2O5S. The minimum Gasteiger partial charge on any atom is -0.456 e. The SMILES string of the molecule is CCCc1ccc(C(=O)COC(=O)[C@@H](C)N=C2NS(=O)(=O)c3ccccc32)cc1. The van der Waals surface area contributed by atoms with Gasteiger partial charge in [0.2, 0.25) is 0 Å². The molecule has 0 aliphatic carbocycles. The third-order valence-corrected chi connectivity index (χ3v) is 5.88. The molecule has 0 spiro atoms. The summed E-state index contributed by atoms with van der Waals surface area (Å²) >= 11 is 0. The van der Waals surface area contributed by atoms with Crippen molar-refractivity contribution in [3.05, 3.63) is 65.2 Å². The van der Waals surface area contributed by atoms with Crippen molar-refractivity contribution in [3.8, 4) is 0 Å². The van der Waals surface area contributed by atoms with E-state index in [9.17, 15) is 18.0 Å². The van der Waals surface area contributed by atoms with Crippen molar-refractivity contribution in [3.63, 3.8) is 0 Å². The van der Waals surface area contributed by atoms with Crippen molar-refractivity contribution in [2.24, 2.45) is 4.99 Å². The van der Waals surface area contributed by atoms with E-state index >= 15 is 0 Å². The van der Waals surface area contributed by atoms with Gasteiger partial charge in [-0.05, 0) is 31.0 Å². The van der Waals surface area contributed by atoms with E-state index in [1.54, 1.807) is 30.3 Å². The molecule has 0 aromatic heterocycles. The van der Waals surface area contributed by atoms with Gasteiger partial charge >= 0.3 is 5.97 Å². The molecule has 0 fully saturated rings. The minimum atomic E-state index is -3.68. The largest absolute Gasteiger partial charge is 0.456 e. The van der Waals surface area contributed by atoms with Crippen molar-refractivity contribution in [1.82, 2.24) is 4.72 Å². The maximum Gasteiger partial charge on any atom is 0.331 e. The van der Waals surface area contributed by atoms with E-state index in [0.717, 1.165) is 18.4 Å². The Morgan fingerprint density at radius 3 is 2.48 bits per heavy atom. The Morgan fingerprint density at radius 2 is 1.79 bits per heavy atom. The smallest absolute Gasteiger partial charge is 0.331 e. The van der Waals surface area contributed by atoms with Gasteiger partial charge in [-0.1, -0.05) is 49.7 Å². The summed E-state index contributed by atoms with van der Waals surface area (Å²) in [4.78, 5) is 28.7. The molecule has 1 N–H and O–H groups in total. The maximum atomic E-state index is 12.2. The summed E-state index contributed by atoms with van der Waals surface area (Å²) in [6, 6.07) is 12.6. The lowest BCUT2D eigenvalue weighted by molar-refractivity contribution is -0.143. The van der Waals surface area contributed by atoms with Crippen LogP contribution in [-0.4, -0.2) is 38.7 Å². The minimum absolute atomic E-state index is 0.0860. The Labute approximate surface area is 169 Å². The Hall–Kier alpha value is -3.00. The van der Waals surface area contributed by atoms with Crippen LogP contribution in [-0.2, 0) is 26.0 Å². The number of carbonyl (C=O) groups is 2. The molecule has 7 nitrogen and oxygen atoms in total. The Bertz CT molecular complexity index is 1060. The Kier molecular flexibility index (Phi) is 6.12. The lowest BCUT2D eigenvalue weighted by atomic mass is 10.1. The molecule has 2 aromatic carbocycles. The molecule has 3 rings (SSSR count). The summed E-state index contributed by atoms with van der Waals surface area (Å²) in [6.45, 7) is 3.16. The van der Waals surface area contributed by atoms with Crippen LogP contribution < -0.4 is 4.72 Å². The topological polar surface area (TPSA) is 102 Å². The first-order chi connectivity index (χ1) is 13.8. The predicted molar refractivity (Wildman–Crippen MR) is 108 cm³/mol. The van der Waals surface area contributed by atoms with Gasteiger partial charge in [0.1, 0.15) is 11.9 Å². The molecule has 2 aromatic rings. The fourth-order valence-electron chi connectivity index (χ4n) is 2.96. The average molecular weight is 414 g/mol. The summed E-state index contributed by atoms with van der Waals surface area (Å²) in [7, 11) is -3.68. The quantitative estimate of drug-likeness (QED) is 0.554.